The second kappa shape index (κ2) is 6.07. The number of hydrogen-bond donors (Lipinski definition) is 1. The molecule has 0 aliphatic heterocycles. The maximum atomic E-state index is 12.6. The van der Waals surface area contributed by atoms with Gasteiger partial charge in [-0.3, -0.25) is 4.79 Å². The predicted octanol–water partition coefficient (Wildman–Crippen LogP) is 3.90. The monoisotopic (exact) mass is 307 g/mol. The topological polar surface area (TPSA) is 38.3 Å². The maximum Gasteiger partial charge on any atom is 0.255 e. The van der Waals surface area contributed by atoms with Crippen LogP contribution in [0.15, 0.2) is 54.6 Å². The number of amides is 1. The molecule has 3 nitrogen and oxygen atoms in total. The number of carbonyl (C=O) groups excluding carboxylic acids is 1. The van der Waals surface area contributed by atoms with Crippen LogP contribution in [0.4, 0.5) is 0 Å². The molecule has 0 saturated heterocycles. The molecule has 1 amide bonds. The van der Waals surface area contributed by atoms with E-state index in [-0.39, 0.29) is 18.1 Å². The van der Waals surface area contributed by atoms with Crippen LogP contribution in [0, 0.1) is 0 Å². The van der Waals surface area contributed by atoms with Crippen molar-refractivity contribution in [3.05, 3.63) is 65.7 Å². The zero-order valence-corrected chi connectivity index (χ0v) is 13.1. The number of ether oxygens (including phenoxy) is 1. The van der Waals surface area contributed by atoms with Crippen molar-refractivity contribution < 1.29 is 9.53 Å². The Hall–Kier alpha value is -2.29. The van der Waals surface area contributed by atoms with Crippen molar-refractivity contribution in [3.63, 3.8) is 0 Å². The lowest BCUT2D eigenvalue weighted by Gasteiger charge is -2.27. The molecule has 3 heteroatoms. The minimum Gasteiger partial charge on any atom is -0.490 e. The summed E-state index contributed by atoms with van der Waals surface area (Å²) in [6, 6.07) is 18.2. The van der Waals surface area contributed by atoms with Gasteiger partial charge in [-0.2, -0.15) is 0 Å². The van der Waals surface area contributed by atoms with Gasteiger partial charge in [-0.1, -0.05) is 42.5 Å². The number of hydrogen-bond acceptors (Lipinski definition) is 2. The number of carbonyl (C=O) groups is 1. The van der Waals surface area contributed by atoms with Crippen LogP contribution in [0.2, 0.25) is 0 Å². The summed E-state index contributed by atoms with van der Waals surface area (Å²) in [5, 5.41) is 3.15. The Balaban J connectivity index is 1.42. The van der Waals surface area contributed by atoms with Crippen molar-refractivity contribution in [2.45, 2.75) is 43.7 Å². The van der Waals surface area contributed by atoms with E-state index in [4.69, 9.17) is 4.74 Å². The zero-order chi connectivity index (χ0) is 15.6. The fraction of sp³-hybridized carbons (Fsp3) is 0.350. The highest BCUT2D eigenvalue weighted by molar-refractivity contribution is 5.97. The van der Waals surface area contributed by atoms with Gasteiger partial charge in [0, 0.05) is 12.0 Å². The van der Waals surface area contributed by atoms with Crippen LogP contribution in [0.25, 0.3) is 0 Å². The van der Waals surface area contributed by atoms with E-state index in [1.54, 1.807) is 0 Å². The first-order chi connectivity index (χ1) is 11.3. The normalized spacial score (nSPS) is 23.0. The Kier molecular flexibility index (Phi) is 3.78. The van der Waals surface area contributed by atoms with Crippen molar-refractivity contribution in [2.24, 2.45) is 0 Å². The van der Waals surface area contributed by atoms with Crippen molar-refractivity contribution >= 4 is 5.91 Å². The van der Waals surface area contributed by atoms with Crippen LogP contribution in [-0.4, -0.2) is 18.1 Å². The molecular formula is C20H21NO2. The van der Waals surface area contributed by atoms with Crippen molar-refractivity contribution in [2.75, 3.05) is 0 Å². The summed E-state index contributed by atoms with van der Waals surface area (Å²) in [7, 11) is 0. The summed E-state index contributed by atoms with van der Waals surface area (Å²) < 4.78 is 5.96. The molecule has 4 rings (SSSR count). The summed E-state index contributed by atoms with van der Waals surface area (Å²) in [5.74, 6) is 1.13. The summed E-state index contributed by atoms with van der Waals surface area (Å²) in [6.07, 6.45) is 4.70. The molecular weight excluding hydrogens is 286 g/mol. The van der Waals surface area contributed by atoms with E-state index < -0.39 is 0 Å². The van der Waals surface area contributed by atoms with Gasteiger partial charge in [-0.05, 0) is 43.4 Å². The maximum absolute atomic E-state index is 12.6. The van der Waals surface area contributed by atoms with Crippen LogP contribution >= 0.6 is 0 Å². The van der Waals surface area contributed by atoms with Crippen LogP contribution < -0.4 is 10.1 Å². The fourth-order valence-electron chi connectivity index (χ4n) is 3.09. The molecule has 1 N–H and O–H groups in total. The lowest BCUT2D eigenvalue weighted by Crippen LogP contribution is -2.29. The van der Waals surface area contributed by atoms with E-state index in [2.05, 4.69) is 17.4 Å². The SMILES string of the molecule is O=C(NC1CC1c1ccccc1)c1ccccc1OC1CCC1. The Morgan fingerprint density at radius 3 is 2.48 bits per heavy atom. The van der Waals surface area contributed by atoms with E-state index in [0.29, 0.717) is 17.2 Å². The Labute approximate surface area is 136 Å². The smallest absolute Gasteiger partial charge is 0.255 e. The predicted molar refractivity (Wildman–Crippen MR) is 89.8 cm³/mol. The third-order valence-corrected chi connectivity index (χ3v) is 4.81. The van der Waals surface area contributed by atoms with Gasteiger partial charge in [-0.25, -0.2) is 0 Å². The van der Waals surface area contributed by atoms with E-state index in [0.717, 1.165) is 19.3 Å². The third-order valence-electron chi connectivity index (χ3n) is 4.81. The second-order valence-corrected chi connectivity index (χ2v) is 6.50. The van der Waals surface area contributed by atoms with Gasteiger partial charge in [0.1, 0.15) is 5.75 Å². The standard InChI is InChI=1S/C20H21NO2/c22-20(21-18-13-17(18)14-7-2-1-3-8-14)16-11-4-5-12-19(16)23-15-9-6-10-15/h1-5,7-8,11-12,15,17-18H,6,9-10,13H2,(H,21,22). The molecule has 2 aromatic carbocycles. The first-order valence-corrected chi connectivity index (χ1v) is 8.43. The van der Waals surface area contributed by atoms with Gasteiger partial charge < -0.3 is 10.1 Å². The third kappa shape index (κ3) is 3.09. The summed E-state index contributed by atoms with van der Waals surface area (Å²) in [6.45, 7) is 0. The summed E-state index contributed by atoms with van der Waals surface area (Å²) in [4.78, 5) is 12.6. The molecule has 23 heavy (non-hydrogen) atoms. The van der Waals surface area contributed by atoms with Gasteiger partial charge in [0.25, 0.3) is 5.91 Å². The quantitative estimate of drug-likeness (QED) is 0.909. The minimum atomic E-state index is -0.0247. The number of benzene rings is 2. The van der Waals surface area contributed by atoms with E-state index in [9.17, 15) is 4.79 Å². The van der Waals surface area contributed by atoms with Gasteiger partial charge in [-0.15, -0.1) is 0 Å². The first kappa shape index (κ1) is 14.3. The highest BCUT2D eigenvalue weighted by atomic mass is 16.5. The average molecular weight is 307 g/mol. The summed E-state index contributed by atoms with van der Waals surface area (Å²) >= 11 is 0. The van der Waals surface area contributed by atoms with Crippen LogP contribution in [0.1, 0.15) is 47.5 Å². The van der Waals surface area contributed by atoms with E-state index in [1.165, 1.54) is 12.0 Å². The number of para-hydroxylation sites is 1. The molecule has 2 aliphatic carbocycles. The van der Waals surface area contributed by atoms with Gasteiger partial charge in [0.2, 0.25) is 0 Å². The Bertz CT molecular complexity index is 694. The highest BCUT2D eigenvalue weighted by Crippen LogP contribution is 2.41. The molecule has 0 spiro atoms. The van der Waals surface area contributed by atoms with Crippen molar-refractivity contribution in [1.82, 2.24) is 5.32 Å². The molecule has 0 aromatic heterocycles. The van der Waals surface area contributed by atoms with E-state index >= 15 is 0 Å². The number of nitrogens with one attached hydrogen (secondary N) is 1. The molecule has 2 unspecified atom stereocenters. The largest absolute Gasteiger partial charge is 0.490 e. The molecule has 2 aliphatic rings. The zero-order valence-electron chi connectivity index (χ0n) is 13.1. The van der Waals surface area contributed by atoms with Crippen molar-refractivity contribution in [3.8, 4) is 5.75 Å². The molecule has 2 atom stereocenters. The average Bonchev–Trinajstić information content (AvgIpc) is 3.31. The summed E-state index contributed by atoms with van der Waals surface area (Å²) in [5.41, 5.74) is 1.95. The van der Waals surface area contributed by atoms with Crippen LogP contribution in [0.5, 0.6) is 5.75 Å². The lowest BCUT2D eigenvalue weighted by atomic mass is 9.96. The fourth-order valence-corrected chi connectivity index (χ4v) is 3.09. The highest BCUT2D eigenvalue weighted by Gasteiger charge is 2.39. The molecule has 0 bridgehead atoms. The Morgan fingerprint density at radius 1 is 1.00 bits per heavy atom. The molecule has 2 fully saturated rings. The Morgan fingerprint density at radius 2 is 1.74 bits per heavy atom. The van der Waals surface area contributed by atoms with Gasteiger partial charge in [0.15, 0.2) is 0 Å². The van der Waals surface area contributed by atoms with Crippen LogP contribution in [-0.2, 0) is 0 Å². The van der Waals surface area contributed by atoms with Gasteiger partial charge in [0.05, 0.1) is 11.7 Å². The molecule has 118 valence electrons. The number of rotatable bonds is 5. The van der Waals surface area contributed by atoms with E-state index in [1.807, 2.05) is 42.5 Å². The first-order valence-electron chi connectivity index (χ1n) is 8.43. The van der Waals surface area contributed by atoms with Crippen LogP contribution in [0.3, 0.4) is 0 Å². The minimum absolute atomic E-state index is 0.0247. The van der Waals surface area contributed by atoms with Gasteiger partial charge >= 0.3 is 0 Å². The molecule has 0 heterocycles. The lowest BCUT2D eigenvalue weighted by molar-refractivity contribution is 0.0925. The molecule has 2 aromatic rings. The molecule has 0 radical (unpaired) electrons. The van der Waals surface area contributed by atoms with Crippen molar-refractivity contribution in [1.29, 1.82) is 0 Å². The molecule has 2 saturated carbocycles. The second-order valence-electron chi connectivity index (χ2n) is 6.50.